The van der Waals surface area contributed by atoms with Gasteiger partial charge in [0, 0.05) is 38.2 Å². The van der Waals surface area contributed by atoms with Crippen LogP contribution in [0.1, 0.15) is 45.1 Å². The van der Waals surface area contributed by atoms with E-state index in [-0.39, 0.29) is 11.8 Å². The first-order valence-electron chi connectivity index (χ1n) is 10.2. The molecule has 28 heavy (non-hydrogen) atoms. The van der Waals surface area contributed by atoms with Gasteiger partial charge in [-0.2, -0.15) is 0 Å². The zero-order valence-corrected chi connectivity index (χ0v) is 17.5. The third kappa shape index (κ3) is 3.96. The van der Waals surface area contributed by atoms with Gasteiger partial charge in [-0.15, -0.1) is 0 Å². The lowest BCUT2D eigenvalue weighted by molar-refractivity contribution is -0.146. The predicted molar refractivity (Wildman–Crippen MR) is 107 cm³/mol. The minimum atomic E-state index is -0.420. The first kappa shape index (κ1) is 20.5. The number of likely N-dealkylation sites (tertiary alicyclic amines) is 2. The minimum absolute atomic E-state index is 0.170. The second kappa shape index (κ2) is 8.41. The van der Waals surface area contributed by atoms with Crippen molar-refractivity contribution in [2.24, 2.45) is 11.3 Å². The highest BCUT2D eigenvalue weighted by Crippen LogP contribution is 2.41. The second-order valence-corrected chi connectivity index (χ2v) is 8.43. The summed E-state index contributed by atoms with van der Waals surface area (Å²) < 4.78 is 10.9. The number of benzene rings is 1. The van der Waals surface area contributed by atoms with Crippen LogP contribution < -0.4 is 9.47 Å². The molecule has 1 aromatic carbocycles. The first-order chi connectivity index (χ1) is 13.4. The number of nitrogens with zero attached hydrogens (tertiary/aromatic N) is 2. The van der Waals surface area contributed by atoms with Gasteiger partial charge in [-0.3, -0.25) is 9.59 Å². The van der Waals surface area contributed by atoms with Gasteiger partial charge in [0.2, 0.25) is 11.8 Å². The Morgan fingerprint density at radius 2 is 1.96 bits per heavy atom. The lowest BCUT2D eigenvalue weighted by Crippen LogP contribution is -2.50. The van der Waals surface area contributed by atoms with Crippen LogP contribution in [-0.4, -0.2) is 55.5 Å². The summed E-state index contributed by atoms with van der Waals surface area (Å²) >= 11 is 0. The average Bonchev–Trinajstić information content (AvgIpc) is 3.10. The highest BCUT2D eigenvalue weighted by atomic mass is 16.5. The van der Waals surface area contributed by atoms with E-state index in [1.54, 1.807) is 14.2 Å². The third-order valence-corrected chi connectivity index (χ3v) is 5.96. The molecule has 2 amide bonds. The molecule has 0 N–H and O–H groups in total. The number of ether oxygens (including phenoxy) is 2. The Bertz CT molecular complexity index is 733. The Hall–Kier alpha value is -2.24. The maximum Gasteiger partial charge on any atom is 0.230 e. The van der Waals surface area contributed by atoms with Gasteiger partial charge >= 0.3 is 0 Å². The summed E-state index contributed by atoms with van der Waals surface area (Å²) in [6.45, 7) is 6.59. The van der Waals surface area contributed by atoms with Crippen LogP contribution in [0.3, 0.4) is 0 Å². The van der Waals surface area contributed by atoms with E-state index in [0.717, 1.165) is 31.4 Å². The zero-order valence-electron chi connectivity index (χ0n) is 17.5. The van der Waals surface area contributed by atoms with Gasteiger partial charge in [-0.1, -0.05) is 26.0 Å². The lowest BCUT2D eigenvalue weighted by atomic mass is 9.78. The van der Waals surface area contributed by atoms with Crippen LogP contribution in [0.5, 0.6) is 11.5 Å². The number of hydrogen-bond acceptors (Lipinski definition) is 4. The minimum Gasteiger partial charge on any atom is -0.493 e. The molecule has 0 aliphatic carbocycles. The fourth-order valence-electron chi connectivity index (χ4n) is 4.53. The molecular weight excluding hydrogens is 356 g/mol. The molecule has 0 aromatic heterocycles. The maximum absolute atomic E-state index is 13.4. The number of carbonyl (C=O) groups is 2. The molecule has 0 saturated carbocycles. The summed E-state index contributed by atoms with van der Waals surface area (Å²) in [6, 6.07) is 5.75. The average molecular weight is 389 g/mol. The van der Waals surface area contributed by atoms with Crippen LogP contribution in [0, 0.1) is 11.3 Å². The number of amides is 2. The summed E-state index contributed by atoms with van der Waals surface area (Å²) in [5.74, 6) is 2.03. The van der Waals surface area contributed by atoms with Crippen molar-refractivity contribution >= 4 is 11.8 Å². The lowest BCUT2D eigenvalue weighted by Gasteiger charge is -2.39. The molecule has 1 aromatic rings. The van der Waals surface area contributed by atoms with Gasteiger partial charge in [0.25, 0.3) is 0 Å². The molecule has 0 bridgehead atoms. The smallest absolute Gasteiger partial charge is 0.230 e. The monoisotopic (exact) mass is 388 g/mol. The molecule has 2 saturated heterocycles. The molecule has 2 aliphatic heterocycles. The number of rotatable bonds is 6. The van der Waals surface area contributed by atoms with Crippen molar-refractivity contribution in [2.45, 2.75) is 46.1 Å². The summed E-state index contributed by atoms with van der Waals surface area (Å²) in [5, 5.41) is 0. The first-order valence-corrected chi connectivity index (χ1v) is 10.2. The molecular formula is C22H32N2O4. The molecule has 154 valence electrons. The van der Waals surface area contributed by atoms with E-state index in [0.29, 0.717) is 43.5 Å². The van der Waals surface area contributed by atoms with Gasteiger partial charge in [0.15, 0.2) is 11.5 Å². The SMILES string of the molecule is COc1cccc(CN2CCC[C@@]3(CCN(C(=O)CC(C)C)C3)C2=O)c1OC. The summed E-state index contributed by atoms with van der Waals surface area (Å²) in [5.41, 5.74) is 0.523. The molecule has 1 spiro atoms. The Balaban J connectivity index is 1.74. The third-order valence-electron chi connectivity index (χ3n) is 5.96. The molecule has 0 radical (unpaired) electrons. The quantitative estimate of drug-likeness (QED) is 0.751. The van der Waals surface area contributed by atoms with E-state index in [4.69, 9.17) is 9.47 Å². The van der Waals surface area contributed by atoms with E-state index >= 15 is 0 Å². The van der Waals surface area contributed by atoms with E-state index in [2.05, 4.69) is 13.8 Å². The second-order valence-electron chi connectivity index (χ2n) is 8.43. The van der Waals surface area contributed by atoms with E-state index in [1.807, 2.05) is 28.0 Å². The molecule has 6 heteroatoms. The normalized spacial score (nSPS) is 22.2. The molecule has 0 unspecified atom stereocenters. The zero-order chi connectivity index (χ0) is 20.3. The van der Waals surface area contributed by atoms with Crippen LogP contribution in [0.25, 0.3) is 0 Å². The fraction of sp³-hybridized carbons (Fsp3) is 0.636. The topological polar surface area (TPSA) is 59.1 Å². The van der Waals surface area contributed by atoms with Crippen molar-refractivity contribution in [1.82, 2.24) is 9.80 Å². The molecule has 2 aliphatic rings. The predicted octanol–water partition coefficient (Wildman–Crippen LogP) is 3.09. The van der Waals surface area contributed by atoms with Gasteiger partial charge < -0.3 is 19.3 Å². The van der Waals surface area contributed by atoms with Crippen LogP contribution in [0.2, 0.25) is 0 Å². The summed E-state index contributed by atoms with van der Waals surface area (Å²) in [7, 11) is 3.24. The van der Waals surface area contributed by atoms with Crippen molar-refractivity contribution < 1.29 is 19.1 Å². The van der Waals surface area contributed by atoms with Crippen molar-refractivity contribution in [1.29, 1.82) is 0 Å². The van der Waals surface area contributed by atoms with Crippen LogP contribution >= 0.6 is 0 Å². The van der Waals surface area contributed by atoms with Crippen molar-refractivity contribution in [3.63, 3.8) is 0 Å². The Morgan fingerprint density at radius 3 is 2.64 bits per heavy atom. The fourth-order valence-corrected chi connectivity index (χ4v) is 4.53. The van der Waals surface area contributed by atoms with Crippen LogP contribution in [0.4, 0.5) is 0 Å². The van der Waals surface area contributed by atoms with E-state index in [9.17, 15) is 9.59 Å². The van der Waals surface area contributed by atoms with E-state index in [1.165, 1.54) is 0 Å². The number of methoxy groups -OCH3 is 2. The standard InChI is InChI=1S/C22H32N2O4/c1-16(2)13-19(25)24-12-10-22(15-24)9-6-11-23(21(22)26)14-17-7-5-8-18(27-3)20(17)28-4/h5,7-8,16H,6,9-15H2,1-4H3/t22-/m0/s1. The van der Waals surface area contributed by atoms with Crippen molar-refractivity contribution in [3.8, 4) is 11.5 Å². The number of para-hydroxylation sites is 1. The van der Waals surface area contributed by atoms with Crippen molar-refractivity contribution in [3.05, 3.63) is 23.8 Å². The van der Waals surface area contributed by atoms with Gasteiger partial charge in [0.05, 0.1) is 19.6 Å². The Kier molecular flexibility index (Phi) is 6.16. The number of hydrogen-bond donors (Lipinski definition) is 0. The van der Waals surface area contributed by atoms with Crippen LogP contribution in [0.15, 0.2) is 18.2 Å². The van der Waals surface area contributed by atoms with Gasteiger partial charge in [-0.25, -0.2) is 0 Å². The van der Waals surface area contributed by atoms with Crippen LogP contribution in [-0.2, 0) is 16.1 Å². The highest BCUT2D eigenvalue weighted by Gasteiger charge is 2.49. The summed E-state index contributed by atoms with van der Waals surface area (Å²) in [6.07, 6.45) is 3.14. The Labute approximate surface area is 167 Å². The largest absolute Gasteiger partial charge is 0.493 e. The molecule has 3 rings (SSSR count). The molecule has 2 fully saturated rings. The van der Waals surface area contributed by atoms with Crippen molar-refractivity contribution in [2.75, 3.05) is 33.9 Å². The number of piperidine rings is 1. The Morgan fingerprint density at radius 1 is 1.18 bits per heavy atom. The maximum atomic E-state index is 13.4. The van der Waals surface area contributed by atoms with E-state index < -0.39 is 5.41 Å². The van der Waals surface area contributed by atoms with Gasteiger partial charge in [-0.05, 0) is 31.2 Å². The molecule has 1 atom stereocenters. The molecule has 2 heterocycles. The highest BCUT2D eigenvalue weighted by molar-refractivity contribution is 5.86. The summed E-state index contributed by atoms with van der Waals surface area (Å²) in [4.78, 5) is 29.7. The number of carbonyl (C=O) groups excluding carboxylic acids is 2. The van der Waals surface area contributed by atoms with Gasteiger partial charge in [0.1, 0.15) is 0 Å². The molecule has 6 nitrogen and oxygen atoms in total.